The lowest BCUT2D eigenvalue weighted by Gasteiger charge is -2.15. The number of alkyl halides is 1. The van der Waals surface area contributed by atoms with Crippen LogP contribution in [0.2, 0.25) is 0 Å². The third kappa shape index (κ3) is 2.72. The van der Waals surface area contributed by atoms with Gasteiger partial charge in [-0.15, -0.1) is 5.10 Å². The van der Waals surface area contributed by atoms with E-state index in [-0.39, 0.29) is 18.8 Å². The molecule has 1 aromatic carbocycles. The molecule has 1 aromatic heterocycles. The van der Waals surface area contributed by atoms with Crippen molar-refractivity contribution < 1.29 is 23.5 Å². The van der Waals surface area contributed by atoms with Gasteiger partial charge in [-0.25, -0.2) is 23.2 Å². The van der Waals surface area contributed by atoms with Crippen LogP contribution in [-0.2, 0) is 4.79 Å². The van der Waals surface area contributed by atoms with Gasteiger partial charge in [0, 0.05) is 13.0 Å². The number of carbonyl (C=O) groups excluding carboxylic acids is 1. The van der Waals surface area contributed by atoms with E-state index in [0.29, 0.717) is 11.5 Å². The SMILES string of the molecule is Cc1nc(C(=O)N2CCC(F)(C(=O)O)C2)nn1-c1ccc(F)cc1. The molecule has 1 atom stereocenters. The highest BCUT2D eigenvalue weighted by atomic mass is 19.1. The van der Waals surface area contributed by atoms with Crippen molar-refractivity contribution in [3.63, 3.8) is 0 Å². The van der Waals surface area contributed by atoms with Crippen LogP contribution in [0.3, 0.4) is 0 Å². The average Bonchev–Trinajstić information content (AvgIpc) is 3.12. The molecule has 1 fully saturated rings. The summed E-state index contributed by atoms with van der Waals surface area (Å²) in [6, 6.07) is 5.47. The molecule has 126 valence electrons. The molecule has 0 bridgehead atoms. The number of rotatable bonds is 3. The van der Waals surface area contributed by atoms with Crippen LogP contribution in [-0.4, -0.2) is 55.4 Å². The standard InChI is InChI=1S/C15H14F2N4O3/c1-9-18-12(19-21(9)11-4-2-10(16)3-5-11)13(22)20-7-6-15(17,8-20)14(23)24/h2-5H,6-8H2,1H3,(H,23,24). The maximum atomic E-state index is 14.1. The zero-order valence-electron chi connectivity index (χ0n) is 12.7. The number of halogens is 2. The van der Waals surface area contributed by atoms with Crippen LogP contribution >= 0.6 is 0 Å². The fourth-order valence-corrected chi connectivity index (χ4v) is 2.57. The number of carboxylic acid groups (broad SMARTS) is 1. The zero-order chi connectivity index (χ0) is 17.5. The van der Waals surface area contributed by atoms with Crippen LogP contribution in [0.4, 0.5) is 8.78 Å². The number of aliphatic carboxylic acids is 1. The Bertz CT molecular complexity index is 806. The van der Waals surface area contributed by atoms with E-state index in [2.05, 4.69) is 10.1 Å². The van der Waals surface area contributed by atoms with Crippen LogP contribution in [0, 0.1) is 12.7 Å². The molecule has 2 heterocycles. The summed E-state index contributed by atoms with van der Waals surface area (Å²) < 4.78 is 28.4. The third-order valence-electron chi connectivity index (χ3n) is 3.92. The van der Waals surface area contributed by atoms with Crippen molar-refractivity contribution >= 4 is 11.9 Å². The quantitative estimate of drug-likeness (QED) is 0.914. The molecule has 0 saturated carbocycles. The highest BCUT2D eigenvalue weighted by Gasteiger charge is 2.47. The van der Waals surface area contributed by atoms with Gasteiger partial charge in [-0.1, -0.05) is 0 Å². The minimum Gasteiger partial charge on any atom is -0.479 e. The molecule has 3 rings (SSSR count). The first kappa shape index (κ1) is 16.0. The molecule has 1 saturated heterocycles. The molecule has 24 heavy (non-hydrogen) atoms. The van der Waals surface area contributed by atoms with E-state index in [9.17, 15) is 18.4 Å². The summed E-state index contributed by atoms with van der Waals surface area (Å²) in [5, 5.41) is 13.0. The fraction of sp³-hybridized carbons (Fsp3) is 0.333. The molecule has 9 heteroatoms. The lowest BCUT2D eigenvalue weighted by atomic mass is 10.1. The normalized spacial score (nSPS) is 20.4. The minimum absolute atomic E-state index is 0.0221. The van der Waals surface area contributed by atoms with E-state index < -0.39 is 29.9 Å². The number of likely N-dealkylation sites (tertiary alicyclic amines) is 1. The molecule has 1 aliphatic rings. The number of hydrogen-bond acceptors (Lipinski definition) is 4. The average molecular weight is 336 g/mol. The minimum atomic E-state index is -2.44. The Morgan fingerprint density at radius 2 is 1.96 bits per heavy atom. The van der Waals surface area contributed by atoms with Gasteiger partial charge >= 0.3 is 5.97 Å². The van der Waals surface area contributed by atoms with Gasteiger partial charge in [0.1, 0.15) is 11.6 Å². The third-order valence-corrected chi connectivity index (χ3v) is 3.92. The largest absolute Gasteiger partial charge is 0.479 e. The fourth-order valence-electron chi connectivity index (χ4n) is 2.57. The smallest absolute Gasteiger partial charge is 0.343 e. The summed E-state index contributed by atoms with van der Waals surface area (Å²) in [6.07, 6.45) is -0.272. The zero-order valence-corrected chi connectivity index (χ0v) is 12.7. The summed E-state index contributed by atoms with van der Waals surface area (Å²) >= 11 is 0. The summed E-state index contributed by atoms with van der Waals surface area (Å²) in [6.45, 7) is 1.06. The van der Waals surface area contributed by atoms with E-state index in [1.54, 1.807) is 6.92 Å². The maximum absolute atomic E-state index is 14.1. The van der Waals surface area contributed by atoms with Gasteiger partial charge in [0.25, 0.3) is 5.91 Å². The Balaban J connectivity index is 1.84. The monoisotopic (exact) mass is 336 g/mol. The number of aromatic nitrogens is 3. The second-order valence-electron chi connectivity index (χ2n) is 5.62. The van der Waals surface area contributed by atoms with Gasteiger partial charge in [0.2, 0.25) is 11.5 Å². The van der Waals surface area contributed by atoms with Crippen LogP contribution in [0.15, 0.2) is 24.3 Å². The van der Waals surface area contributed by atoms with Gasteiger partial charge in [0.05, 0.1) is 12.2 Å². The molecular formula is C15H14F2N4O3. The summed E-state index contributed by atoms with van der Waals surface area (Å²) in [4.78, 5) is 28.4. The molecule has 2 aromatic rings. The van der Waals surface area contributed by atoms with Crippen molar-refractivity contribution in [1.82, 2.24) is 19.7 Å². The predicted molar refractivity (Wildman–Crippen MR) is 78.0 cm³/mol. The van der Waals surface area contributed by atoms with E-state index >= 15 is 0 Å². The van der Waals surface area contributed by atoms with E-state index in [4.69, 9.17) is 5.11 Å². The Hall–Kier alpha value is -2.84. The lowest BCUT2D eigenvalue weighted by Crippen LogP contribution is -2.39. The summed E-state index contributed by atoms with van der Waals surface area (Å²) in [5.74, 6) is -2.39. The Morgan fingerprint density at radius 1 is 1.29 bits per heavy atom. The molecule has 1 unspecified atom stereocenters. The molecular weight excluding hydrogens is 322 g/mol. The van der Waals surface area contributed by atoms with E-state index in [0.717, 1.165) is 4.90 Å². The molecule has 1 aliphatic heterocycles. The van der Waals surface area contributed by atoms with Gasteiger partial charge in [-0.3, -0.25) is 4.79 Å². The predicted octanol–water partition coefficient (Wildman–Crippen LogP) is 1.35. The number of benzene rings is 1. The van der Waals surface area contributed by atoms with Gasteiger partial charge in [0.15, 0.2) is 0 Å². The van der Waals surface area contributed by atoms with Crippen LogP contribution in [0.1, 0.15) is 22.9 Å². The molecule has 0 spiro atoms. The number of amides is 1. The first-order chi connectivity index (χ1) is 11.3. The van der Waals surface area contributed by atoms with Crippen LogP contribution in [0.5, 0.6) is 0 Å². The van der Waals surface area contributed by atoms with Crippen LogP contribution in [0.25, 0.3) is 5.69 Å². The van der Waals surface area contributed by atoms with Gasteiger partial charge in [-0.2, -0.15) is 0 Å². The number of hydrogen-bond donors (Lipinski definition) is 1. The van der Waals surface area contributed by atoms with Gasteiger partial charge in [-0.05, 0) is 31.2 Å². The Morgan fingerprint density at radius 3 is 2.54 bits per heavy atom. The Kier molecular flexibility index (Phi) is 3.78. The van der Waals surface area contributed by atoms with E-state index in [1.807, 2.05) is 0 Å². The van der Waals surface area contributed by atoms with E-state index in [1.165, 1.54) is 28.9 Å². The van der Waals surface area contributed by atoms with Crippen molar-refractivity contribution in [1.29, 1.82) is 0 Å². The number of carboxylic acids is 1. The first-order valence-electron chi connectivity index (χ1n) is 7.21. The number of nitrogens with zero attached hydrogens (tertiary/aromatic N) is 4. The highest BCUT2D eigenvalue weighted by Crippen LogP contribution is 2.26. The highest BCUT2D eigenvalue weighted by molar-refractivity contribution is 5.92. The second kappa shape index (κ2) is 5.66. The number of carbonyl (C=O) groups is 2. The van der Waals surface area contributed by atoms with Crippen molar-refractivity contribution in [3.8, 4) is 5.69 Å². The molecule has 0 aliphatic carbocycles. The van der Waals surface area contributed by atoms with Crippen molar-refractivity contribution in [2.45, 2.75) is 19.0 Å². The lowest BCUT2D eigenvalue weighted by molar-refractivity contribution is -0.149. The van der Waals surface area contributed by atoms with Gasteiger partial charge < -0.3 is 10.0 Å². The molecule has 7 nitrogen and oxygen atoms in total. The maximum Gasteiger partial charge on any atom is 0.343 e. The number of aryl methyl sites for hydroxylation is 1. The first-order valence-corrected chi connectivity index (χ1v) is 7.21. The summed E-state index contributed by atoms with van der Waals surface area (Å²) in [5.41, 5.74) is -1.92. The van der Waals surface area contributed by atoms with Crippen molar-refractivity contribution in [2.24, 2.45) is 0 Å². The summed E-state index contributed by atoms with van der Waals surface area (Å²) in [7, 11) is 0. The Labute approximate surface area is 135 Å². The van der Waals surface area contributed by atoms with Crippen LogP contribution < -0.4 is 0 Å². The topological polar surface area (TPSA) is 88.3 Å². The molecule has 1 N–H and O–H groups in total. The molecule has 1 amide bonds. The van der Waals surface area contributed by atoms with Crippen molar-refractivity contribution in [2.75, 3.05) is 13.1 Å². The second-order valence-corrected chi connectivity index (χ2v) is 5.62. The van der Waals surface area contributed by atoms with Crippen molar-refractivity contribution in [3.05, 3.63) is 41.7 Å². The molecule has 0 radical (unpaired) electrons.